The number of nitrogens with zero attached hydrogens (tertiary/aromatic N) is 4. The first-order valence-corrected chi connectivity index (χ1v) is 7.47. The summed E-state index contributed by atoms with van der Waals surface area (Å²) in [5.74, 6) is 1.88. The van der Waals surface area contributed by atoms with E-state index in [0.717, 1.165) is 12.2 Å². The normalized spacial score (nSPS) is 18.6. The maximum Gasteiger partial charge on any atom is 0.276 e. The van der Waals surface area contributed by atoms with Crippen molar-refractivity contribution in [3.63, 3.8) is 0 Å². The molecule has 3 rings (SSSR count). The molecule has 0 radical (unpaired) electrons. The maximum absolute atomic E-state index is 12.6. The minimum atomic E-state index is -0.314. The molecular formula is C14H19N5O3. The van der Waals surface area contributed by atoms with Gasteiger partial charge in [-0.25, -0.2) is 9.97 Å². The van der Waals surface area contributed by atoms with E-state index < -0.39 is 0 Å². The topological polar surface area (TPSA) is 97.1 Å². The lowest BCUT2D eigenvalue weighted by Crippen LogP contribution is -2.43. The third-order valence-corrected chi connectivity index (χ3v) is 3.69. The molecule has 8 heteroatoms. The minimum Gasteiger partial charge on any atom is -0.448 e. The lowest BCUT2D eigenvalue weighted by atomic mass is 10.2. The predicted molar refractivity (Wildman–Crippen MR) is 76.2 cm³/mol. The van der Waals surface area contributed by atoms with Crippen LogP contribution in [0.4, 0.5) is 0 Å². The summed E-state index contributed by atoms with van der Waals surface area (Å²) in [6, 6.07) is 0. The molecule has 0 spiro atoms. The van der Waals surface area contributed by atoms with Crippen molar-refractivity contribution in [2.75, 3.05) is 19.7 Å². The van der Waals surface area contributed by atoms with Gasteiger partial charge < -0.3 is 14.1 Å². The second-order valence-electron chi connectivity index (χ2n) is 5.08. The highest BCUT2D eigenvalue weighted by Gasteiger charge is 2.30. The summed E-state index contributed by atoms with van der Waals surface area (Å²) in [5.41, 5.74) is 0.382. The fourth-order valence-electron chi connectivity index (χ4n) is 2.45. The van der Waals surface area contributed by atoms with E-state index >= 15 is 0 Å². The van der Waals surface area contributed by atoms with Crippen LogP contribution in [0.3, 0.4) is 0 Å². The zero-order chi connectivity index (χ0) is 15.5. The van der Waals surface area contributed by atoms with Gasteiger partial charge in [-0.1, -0.05) is 13.8 Å². The highest BCUT2D eigenvalue weighted by Crippen LogP contribution is 2.21. The minimum absolute atomic E-state index is 0.134. The number of ether oxygens (including phenoxy) is 1. The van der Waals surface area contributed by atoms with Crippen molar-refractivity contribution in [1.29, 1.82) is 0 Å². The largest absolute Gasteiger partial charge is 0.448 e. The lowest BCUT2D eigenvalue weighted by molar-refractivity contribution is -0.0269. The van der Waals surface area contributed by atoms with Crippen LogP contribution in [0.15, 0.2) is 10.8 Å². The van der Waals surface area contributed by atoms with Crippen LogP contribution in [0.5, 0.6) is 0 Å². The Morgan fingerprint density at radius 2 is 2.32 bits per heavy atom. The standard InChI is InChI=1S/C14H19N5O3/c1-3-9-12(15-8-22-9)14(20)19-5-6-21-10(7-19)13-16-11(4-2)17-18-13/h8,10H,3-7H2,1-2H3,(H,16,17,18). The third kappa shape index (κ3) is 2.74. The molecular weight excluding hydrogens is 286 g/mol. The van der Waals surface area contributed by atoms with Crippen LogP contribution in [0, 0.1) is 0 Å². The highest BCUT2D eigenvalue weighted by molar-refractivity contribution is 5.93. The van der Waals surface area contributed by atoms with Gasteiger partial charge in [-0.15, -0.1) is 0 Å². The number of oxazole rings is 1. The van der Waals surface area contributed by atoms with Crippen molar-refractivity contribution in [3.05, 3.63) is 29.5 Å². The van der Waals surface area contributed by atoms with Gasteiger partial charge in [-0.2, -0.15) is 5.10 Å². The Kier molecular flexibility index (Phi) is 4.19. The number of carbonyl (C=O) groups is 1. The number of aromatic nitrogens is 4. The number of hydrogen-bond acceptors (Lipinski definition) is 6. The van der Waals surface area contributed by atoms with E-state index in [1.54, 1.807) is 4.90 Å². The summed E-state index contributed by atoms with van der Waals surface area (Å²) < 4.78 is 10.9. The van der Waals surface area contributed by atoms with Crippen LogP contribution in [0.1, 0.15) is 47.8 Å². The Balaban J connectivity index is 1.74. The molecule has 3 heterocycles. The quantitative estimate of drug-likeness (QED) is 0.909. The average molecular weight is 305 g/mol. The van der Waals surface area contributed by atoms with Crippen molar-refractivity contribution in [3.8, 4) is 0 Å². The first-order valence-electron chi connectivity index (χ1n) is 7.47. The zero-order valence-corrected chi connectivity index (χ0v) is 12.7. The molecule has 1 aliphatic heterocycles. The van der Waals surface area contributed by atoms with E-state index in [0.29, 0.717) is 43.4 Å². The van der Waals surface area contributed by atoms with Crippen LogP contribution < -0.4 is 0 Å². The molecule has 0 bridgehead atoms. The summed E-state index contributed by atoms with van der Waals surface area (Å²) >= 11 is 0. The van der Waals surface area contributed by atoms with Crippen molar-refractivity contribution in [2.24, 2.45) is 0 Å². The van der Waals surface area contributed by atoms with E-state index in [2.05, 4.69) is 20.2 Å². The van der Waals surface area contributed by atoms with Gasteiger partial charge >= 0.3 is 0 Å². The van der Waals surface area contributed by atoms with Gasteiger partial charge in [-0.3, -0.25) is 9.89 Å². The first kappa shape index (κ1) is 14.7. The number of hydrogen-bond donors (Lipinski definition) is 1. The van der Waals surface area contributed by atoms with E-state index in [4.69, 9.17) is 9.15 Å². The van der Waals surface area contributed by atoms with Crippen LogP contribution in [-0.2, 0) is 17.6 Å². The molecule has 1 atom stereocenters. The van der Waals surface area contributed by atoms with Crippen LogP contribution in [0.25, 0.3) is 0 Å². The number of amides is 1. The number of morpholine rings is 1. The van der Waals surface area contributed by atoms with Gasteiger partial charge in [0.2, 0.25) is 0 Å². The smallest absolute Gasteiger partial charge is 0.276 e. The van der Waals surface area contributed by atoms with Crippen molar-refractivity contribution in [1.82, 2.24) is 25.1 Å². The molecule has 8 nitrogen and oxygen atoms in total. The number of aryl methyl sites for hydroxylation is 2. The highest BCUT2D eigenvalue weighted by atomic mass is 16.5. The monoisotopic (exact) mass is 305 g/mol. The zero-order valence-electron chi connectivity index (χ0n) is 12.7. The molecule has 118 valence electrons. The van der Waals surface area contributed by atoms with Crippen LogP contribution in [0.2, 0.25) is 0 Å². The first-order chi connectivity index (χ1) is 10.7. The Morgan fingerprint density at radius 3 is 3.05 bits per heavy atom. The van der Waals surface area contributed by atoms with Gasteiger partial charge in [-0.05, 0) is 0 Å². The fraction of sp³-hybridized carbons (Fsp3) is 0.571. The van der Waals surface area contributed by atoms with Gasteiger partial charge in [0, 0.05) is 19.4 Å². The summed E-state index contributed by atoms with van der Waals surface area (Å²) in [6.45, 7) is 5.32. The van der Waals surface area contributed by atoms with Gasteiger partial charge in [0.05, 0.1) is 13.2 Å². The number of aromatic amines is 1. The van der Waals surface area contributed by atoms with E-state index in [9.17, 15) is 4.79 Å². The summed E-state index contributed by atoms with van der Waals surface area (Å²) in [4.78, 5) is 22.7. The molecule has 1 unspecified atom stereocenters. The van der Waals surface area contributed by atoms with Crippen molar-refractivity contribution in [2.45, 2.75) is 32.8 Å². The molecule has 0 aromatic carbocycles. The molecule has 0 saturated carbocycles. The number of H-pyrrole nitrogens is 1. The predicted octanol–water partition coefficient (Wildman–Crippen LogP) is 1.13. The molecule has 1 saturated heterocycles. The third-order valence-electron chi connectivity index (χ3n) is 3.69. The summed E-state index contributed by atoms with van der Waals surface area (Å²) in [6.07, 6.45) is 2.41. The SMILES string of the molecule is CCc1nc(C2CN(C(=O)c3ncoc3CC)CCO2)n[nH]1. The fourth-order valence-corrected chi connectivity index (χ4v) is 2.45. The molecule has 1 N–H and O–H groups in total. The molecule has 2 aromatic heterocycles. The van der Waals surface area contributed by atoms with Gasteiger partial charge in [0.1, 0.15) is 17.7 Å². The van der Waals surface area contributed by atoms with Gasteiger partial charge in [0.15, 0.2) is 17.9 Å². The Labute approximate surface area is 127 Å². The molecule has 1 amide bonds. The van der Waals surface area contributed by atoms with Crippen LogP contribution >= 0.6 is 0 Å². The second kappa shape index (κ2) is 6.27. The van der Waals surface area contributed by atoms with Crippen molar-refractivity contribution >= 4 is 5.91 Å². The second-order valence-corrected chi connectivity index (χ2v) is 5.08. The van der Waals surface area contributed by atoms with E-state index in [-0.39, 0.29) is 12.0 Å². The number of nitrogens with one attached hydrogen (secondary N) is 1. The van der Waals surface area contributed by atoms with E-state index in [1.165, 1.54) is 6.39 Å². The Morgan fingerprint density at radius 1 is 1.45 bits per heavy atom. The molecule has 2 aromatic rings. The molecule has 22 heavy (non-hydrogen) atoms. The average Bonchev–Trinajstić information content (AvgIpc) is 3.23. The van der Waals surface area contributed by atoms with Crippen LogP contribution in [-0.4, -0.2) is 50.7 Å². The maximum atomic E-state index is 12.6. The molecule has 1 fully saturated rings. The summed E-state index contributed by atoms with van der Waals surface area (Å²) in [7, 11) is 0. The number of carbonyl (C=O) groups excluding carboxylic acids is 1. The Hall–Kier alpha value is -2.22. The number of rotatable bonds is 4. The lowest BCUT2D eigenvalue weighted by Gasteiger charge is -2.31. The van der Waals surface area contributed by atoms with E-state index in [1.807, 2.05) is 13.8 Å². The Bertz CT molecular complexity index is 650. The molecule has 0 aliphatic carbocycles. The van der Waals surface area contributed by atoms with Crippen molar-refractivity contribution < 1.29 is 13.9 Å². The van der Waals surface area contributed by atoms with Gasteiger partial charge in [0.25, 0.3) is 5.91 Å². The molecule has 1 aliphatic rings. The summed E-state index contributed by atoms with van der Waals surface area (Å²) in [5, 5.41) is 7.04.